The van der Waals surface area contributed by atoms with Crippen LogP contribution < -0.4 is 69.4 Å². The van der Waals surface area contributed by atoms with Crippen molar-refractivity contribution in [3.05, 3.63) is 17.6 Å². The highest BCUT2D eigenvalue weighted by molar-refractivity contribution is 7.90. The smallest absolute Gasteiger partial charge is 0.317 e. The van der Waals surface area contributed by atoms with Crippen molar-refractivity contribution in [1.29, 1.82) is 0 Å². The Hall–Kier alpha value is -10.1. The molecule has 678 valence electrons. The summed E-state index contributed by atoms with van der Waals surface area (Å²) in [6, 6.07) is -12.0. The third-order valence-corrected chi connectivity index (χ3v) is 20.0. The average molecular weight is 1730 g/mol. The molecule has 0 bridgehead atoms. The van der Waals surface area contributed by atoms with Gasteiger partial charge in [0, 0.05) is 82.3 Å². The largest absolute Gasteiger partial charge is 0.480 e. The quantitative estimate of drug-likeness (QED) is 0.0280. The number of aliphatic hydroxyl groups is 3. The molecule has 0 fully saturated rings. The Balaban J connectivity index is 1.86. The highest BCUT2D eigenvalue weighted by Gasteiger charge is 2.35. The number of aromatic amines is 1. The monoisotopic (exact) mass is 1730 g/mol. The lowest BCUT2D eigenvalue weighted by molar-refractivity contribution is -0.142. The zero-order valence-corrected chi connectivity index (χ0v) is 69.6. The summed E-state index contributed by atoms with van der Waals surface area (Å²) >= 11 is 0. The van der Waals surface area contributed by atoms with Gasteiger partial charge in [-0.15, -0.1) is 10.2 Å². The maximum Gasteiger partial charge on any atom is 0.317 e. The van der Waals surface area contributed by atoms with Crippen molar-refractivity contribution in [3.63, 3.8) is 0 Å². The maximum atomic E-state index is 14.1. The molecule has 1 aliphatic heterocycles. The molecule has 0 aromatic carbocycles. The second-order valence-electron chi connectivity index (χ2n) is 29.1. The molecule has 2 rings (SSSR count). The molecule has 21 N–H and O–H groups in total. The molecule has 2 heterocycles. The number of rotatable bonds is 73. The third kappa shape index (κ3) is 51.4. The number of Topliss-reactive ketones (excluding diaryl/α,β-unsaturated/α-hetero) is 1. The van der Waals surface area contributed by atoms with Gasteiger partial charge >= 0.3 is 11.9 Å². The Labute approximate surface area is 697 Å². The SMILES string of the molecule is CCCC[C@@H](C)NC(=O)[C@H](CCCCN(CC(=O)O)CC(=O)O)NC(=O)CCCC(=O)[C@H](CC1=CCC=N1)NC(=O)[C@H](CCC(N)=O)NC(=O)[C@H](CO)NC(=O)[C@H](CO)NC(=O)[C@H](CCC(N)=O)NC(=O)[C@@H](CO)NC(=O)CNC(=O)COCCOCCNC(=O)CCCS(=O)(=O)NC(=O)CCCCCCCCCCCCCCCc1nn[nH]n1. The lowest BCUT2D eigenvalue weighted by Gasteiger charge is -2.26. The van der Waals surface area contributed by atoms with Gasteiger partial charge in [-0.3, -0.25) is 91.3 Å². The highest BCUT2D eigenvalue weighted by atomic mass is 32.2. The minimum Gasteiger partial charge on any atom is -0.480 e. The molecule has 1 aromatic rings. The standard InChI is InChI=1S/C75H127N19O25S/c1-3-4-23-50(2)81-70(110)52(25-18-19-37-94(44-68(106)107)45-69(108)109)82-64(102)29-20-26-59(98)55(42-51-24-21-35-78-51)86-71(111)53(31-33-60(76)99)85-74(114)57(47-96)88-75(115)58(48-97)87-72(112)54(32-34-61(77)100)84-73(113)56(46-95)83-66(104)43-80-67(105)49-119-40-39-118-38-36-79-63(101)30-22-41-120(116,117)91-65(103)28-17-15-13-11-9-7-5-6-8-10-12-14-16-27-62-89-92-93-90-62/h24,35,50,52-58,95-97H,3-23,25-34,36-49H2,1-2H3,(H2,76,99)(H2,77,100)(H,79,101)(H,80,105)(H,81,110)(H,82,102)(H,83,104)(H,84,113)(H,85,114)(H,86,111)(H,87,112)(H,88,115)(H,91,103)(H,106,107)(H,108,109)(H,89,90,92,93)/t50-,52+,53+,54+,55+,56-,57+,58+/m1/s1. The normalized spacial score (nSPS) is 13.8. The number of nitrogens with two attached hydrogens (primary N) is 2. The Bertz CT molecular complexity index is 3540. The van der Waals surface area contributed by atoms with Crippen LogP contribution >= 0.6 is 0 Å². The molecule has 0 saturated heterocycles. The number of hydrogen-bond acceptors (Lipinski definition) is 28. The van der Waals surface area contributed by atoms with Gasteiger partial charge in [-0.2, -0.15) is 5.21 Å². The number of aryl methyl sites for hydroxylation is 1. The molecule has 1 aromatic heterocycles. The van der Waals surface area contributed by atoms with E-state index in [4.69, 9.17) is 20.9 Å². The topological polar surface area (TPSA) is 681 Å². The lowest BCUT2D eigenvalue weighted by atomic mass is 10.00. The van der Waals surface area contributed by atoms with Crippen LogP contribution in [0, 0.1) is 0 Å². The molecule has 120 heavy (non-hydrogen) atoms. The third-order valence-electron chi connectivity index (χ3n) is 18.6. The summed E-state index contributed by atoms with van der Waals surface area (Å²) < 4.78 is 37.6. The molecule has 0 saturated carbocycles. The number of ether oxygens (including phenoxy) is 2. The zero-order chi connectivity index (χ0) is 89.1. The number of aliphatic carboxylic acids is 2. The Morgan fingerprint density at radius 3 is 1.52 bits per heavy atom. The molecule has 13 amide bonds. The fourth-order valence-electron chi connectivity index (χ4n) is 12.1. The highest BCUT2D eigenvalue weighted by Crippen LogP contribution is 2.18. The van der Waals surface area contributed by atoms with E-state index in [0.29, 0.717) is 25.0 Å². The summed E-state index contributed by atoms with van der Waals surface area (Å²) in [5.41, 5.74) is 11.1. The number of unbranched alkanes of at least 4 members (excludes halogenated alkanes) is 14. The number of carbonyl (C=O) groups is 16. The Morgan fingerprint density at radius 2 is 0.992 bits per heavy atom. The number of sulfonamides is 1. The maximum absolute atomic E-state index is 14.1. The first-order valence-corrected chi connectivity index (χ1v) is 42.6. The van der Waals surface area contributed by atoms with Crippen molar-refractivity contribution in [2.45, 2.75) is 268 Å². The molecule has 1 aliphatic rings. The summed E-state index contributed by atoms with van der Waals surface area (Å²) in [6.07, 6.45) is 18.2. The van der Waals surface area contributed by atoms with Crippen molar-refractivity contribution in [2.75, 3.05) is 84.7 Å². The number of ketones is 1. The number of tetrazole rings is 1. The van der Waals surface area contributed by atoms with E-state index in [-0.39, 0.29) is 103 Å². The minimum absolute atomic E-state index is 0.0222. The molecular formula is C75H127N19O25S. The van der Waals surface area contributed by atoms with E-state index in [1.807, 2.05) is 6.92 Å². The van der Waals surface area contributed by atoms with E-state index >= 15 is 0 Å². The van der Waals surface area contributed by atoms with Crippen LogP contribution in [0.5, 0.6) is 0 Å². The van der Waals surface area contributed by atoms with E-state index in [1.165, 1.54) is 43.2 Å². The summed E-state index contributed by atoms with van der Waals surface area (Å²) in [6.45, 7) is -2.11. The van der Waals surface area contributed by atoms with Crippen LogP contribution in [0.3, 0.4) is 0 Å². The molecular weight excluding hydrogens is 1600 g/mol. The average Bonchev–Trinajstić information content (AvgIpc) is 1.34. The van der Waals surface area contributed by atoms with Gasteiger partial charge in [0.05, 0.1) is 71.1 Å². The summed E-state index contributed by atoms with van der Waals surface area (Å²) in [5.74, 6) is -14.8. The van der Waals surface area contributed by atoms with Crippen molar-refractivity contribution >= 4 is 111 Å². The molecule has 45 heteroatoms. The van der Waals surface area contributed by atoms with Gasteiger partial charge in [0.15, 0.2) is 11.6 Å². The second-order valence-corrected chi connectivity index (χ2v) is 30.9. The van der Waals surface area contributed by atoms with Gasteiger partial charge in [0.25, 0.3) is 0 Å². The molecule has 44 nitrogen and oxygen atoms in total. The first-order valence-electron chi connectivity index (χ1n) is 40.9. The number of aliphatic hydroxyl groups excluding tert-OH is 3. The number of aromatic nitrogens is 4. The van der Waals surface area contributed by atoms with Gasteiger partial charge in [0.1, 0.15) is 42.9 Å². The van der Waals surface area contributed by atoms with E-state index < -0.39 is 224 Å². The van der Waals surface area contributed by atoms with Gasteiger partial charge < -0.3 is 99.6 Å². The van der Waals surface area contributed by atoms with E-state index in [2.05, 4.69) is 83.5 Å². The van der Waals surface area contributed by atoms with Crippen molar-refractivity contribution in [1.82, 2.24) is 83.4 Å². The first-order chi connectivity index (χ1) is 57.3. The van der Waals surface area contributed by atoms with Gasteiger partial charge in [-0.25, -0.2) is 8.42 Å². The van der Waals surface area contributed by atoms with Gasteiger partial charge in [-0.05, 0) is 77.7 Å². The number of allylic oxidation sites excluding steroid dienone is 1. The fourth-order valence-corrected chi connectivity index (χ4v) is 13.2. The van der Waals surface area contributed by atoms with Crippen molar-refractivity contribution < 1.29 is 120 Å². The fraction of sp³-hybridized carbons (Fsp3) is 0.733. The minimum atomic E-state index is -3.94. The number of primary amides is 2. The van der Waals surface area contributed by atoms with E-state index in [1.54, 1.807) is 13.0 Å². The summed E-state index contributed by atoms with van der Waals surface area (Å²) in [7, 11) is -3.94. The summed E-state index contributed by atoms with van der Waals surface area (Å²) in [4.78, 5) is 211. The number of hydrogen-bond donors (Lipinski definition) is 19. The van der Waals surface area contributed by atoms with E-state index in [0.717, 1.165) is 70.0 Å². The summed E-state index contributed by atoms with van der Waals surface area (Å²) in [5, 5.41) is 86.8. The van der Waals surface area contributed by atoms with Crippen LogP contribution in [0.25, 0.3) is 0 Å². The molecule has 0 radical (unpaired) electrons. The molecule has 0 unspecified atom stereocenters. The van der Waals surface area contributed by atoms with E-state index in [9.17, 15) is 111 Å². The van der Waals surface area contributed by atoms with Crippen LogP contribution in [0.4, 0.5) is 0 Å². The van der Waals surface area contributed by atoms with Gasteiger partial charge in [0.2, 0.25) is 86.8 Å². The van der Waals surface area contributed by atoms with Crippen LogP contribution in [0.1, 0.15) is 219 Å². The number of H-pyrrole nitrogens is 1. The number of carbonyl (C=O) groups excluding carboxylic acids is 14. The number of aliphatic imine (C=N–C) groups is 1. The number of carboxylic acids is 2. The number of carboxylic acid groups (broad SMARTS) is 2. The zero-order valence-electron chi connectivity index (χ0n) is 68.8. The van der Waals surface area contributed by atoms with Crippen LogP contribution in [0.15, 0.2) is 16.8 Å². The number of nitrogens with one attached hydrogen (secondary N) is 12. The van der Waals surface area contributed by atoms with Crippen molar-refractivity contribution in [2.24, 2.45) is 16.5 Å². The van der Waals surface area contributed by atoms with Crippen LogP contribution in [-0.2, 0) is 103 Å². The Kier molecular flexibility index (Phi) is 55.6. The molecule has 8 atom stereocenters. The number of amides is 13. The predicted molar refractivity (Wildman–Crippen MR) is 430 cm³/mol. The lowest BCUT2D eigenvalue weighted by Crippen LogP contribution is -2.61. The van der Waals surface area contributed by atoms with Crippen LogP contribution in [-0.4, -0.2) is 293 Å². The Morgan fingerprint density at radius 1 is 0.500 bits per heavy atom. The van der Waals surface area contributed by atoms with Crippen LogP contribution in [0.2, 0.25) is 0 Å². The number of nitrogens with zero attached hydrogens (tertiary/aromatic N) is 5. The van der Waals surface area contributed by atoms with Crippen molar-refractivity contribution in [3.8, 4) is 0 Å². The first kappa shape index (κ1) is 106. The molecule has 0 aliphatic carbocycles. The predicted octanol–water partition coefficient (Wildman–Crippen LogP) is -3.58. The van der Waals surface area contributed by atoms with Gasteiger partial charge in [-0.1, -0.05) is 102 Å². The second kappa shape index (κ2) is 63.0. The molecule has 0 spiro atoms.